The molecule has 28 heavy (non-hydrogen) atoms. The van der Waals surface area contributed by atoms with Crippen LogP contribution in [0.5, 0.6) is 0 Å². The van der Waals surface area contributed by atoms with Gasteiger partial charge in [0.1, 0.15) is 0 Å². The molecular formula is C22H38IN3O2. The number of guanidine groups is 1. The quantitative estimate of drug-likeness (QED) is 0.336. The lowest BCUT2D eigenvalue weighted by Gasteiger charge is -2.37. The summed E-state index contributed by atoms with van der Waals surface area (Å²) in [6.07, 6.45) is 2.12. The summed E-state index contributed by atoms with van der Waals surface area (Å²) in [6.45, 7) is 12.6. The van der Waals surface area contributed by atoms with Crippen molar-refractivity contribution >= 4 is 29.9 Å². The van der Waals surface area contributed by atoms with Gasteiger partial charge in [-0.3, -0.25) is 4.99 Å². The Balaban J connectivity index is 0.00000392. The van der Waals surface area contributed by atoms with Crippen molar-refractivity contribution in [2.24, 2.45) is 10.4 Å². The van der Waals surface area contributed by atoms with Crippen molar-refractivity contribution in [2.75, 3.05) is 40.0 Å². The fraction of sp³-hybridized carbons (Fsp3) is 0.682. The van der Waals surface area contributed by atoms with Crippen LogP contribution in [-0.4, -0.2) is 52.0 Å². The summed E-state index contributed by atoms with van der Waals surface area (Å²) >= 11 is 0. The number of nitrogens with zero attached hydrogens (tertiary/aromatic N) is 1. The van der Waals surface area contributed by atoms with Crippen LogP contribution in [0, 0.1) is 5.41 Å². The molecule has 1 heterocycles. The number of aliphatic imine (C=N–C) groups is 1. The van der Waals surface area contributed by atoms with Crippen LogP contribution in [0.3, 0.4) is 0 Å². The molecule has 0 saturated carbocycles. The minimum Gasteiger partial charge on any atom is -0.381 e. The molecule has 0 aromatic heterocycles. The molecule has 0 radical (unpaired) electrons. The van der Waals surface area contributed by atoms with Crippen molar-refractivity contribution in [3.05, 3.63) is 35.9 Å². The predicted octanol–water partition coefficient (Wildman–Crippen LogP) is 3.97. The Morgan fingerprint density at radius 2 is 1.82 bits per heavy atom. The van der Waals surface area contributed by atoms with Crippen LogP contribution in [0.25, 0.3) is 0 Å². The lowest BCUT2D eigenvalue weighted by molar-refractivity contribution is 0.0205. The number of nitrogens with one attached hydrogen (secondary N) is 2. The smallest absolute Gasteiger partial charge is 0.191 e. The Morgan fingerprint density at radius 3 is 2.36 bits per heavy atom. The normalized spacial score (nSPS) is 18.1. The maximum absolute atomic E-state index is 5.67. The maximum atomic E-state index is 5.67. The van der Waals surface area contributed by atoms with E-state index in [2.05, 4.69) is 68.7 Å². The number of halogens is 1. The average Bonchev–Trinajstić information content (AvgIpc) is 2.67. The largest absolute Gasteiger partial charge is 0.381 e. The molecule has 1 aromatic carbocycles. The van der Waals surface area contributed by atoms with Crippen LogP contribution in [0.2, 0.25) is 0 Å². The van der Waals surface area contributed by atoms with Gasteiger partial charge in [-0.05, 0) is 30.7 Å². The van der Waals surface area contributed by atoms with Crippen LogP contribution in [-0.2, 0) is 14.9 Å². The highest BCUT2D eigenvalue weighted by Crippen LogP contribution is 2.35. The van der Waals surface area contributed by atoms with Crippen LogP contribution < -0.4 is 10.6 Å². The monoisotopic (exact) mass is 503 g/mol. The topological polar surface area (TPSA) is 54.9 Å². The Bertz CT molecular complexity index is 581. The first-order valence-corrected chi connectivity index (χ1v) is 10.1. The van der Waals surface area contributed by atoms with E-state index in [1.54, 1.807) is 7.11 Å². The zero-order valence-electron chi connectivity index (χ0n) is 18.1. The molecule has 1 aliphatic rings. The molecule has 0 aliphatic carbocycles. The van der Waals surface area contributed by atoms with Crippen molar-refractivity contribution in [1.82, 2.24) is 10.6 Å². The zero-order chi connectivity index (χ0) is 19.8. The number of methoxy groups -OCH3 is 1. The van der Waals surface area contributed by atoms with Crippen LogP contribution >= 0.6 is 24.0 Å². The second-order valence-corrected chi connectivity index (χ2v) is 8.43. The molecule has 1 aliphatic heterocycles. The first-order chi connectivity index (χ1) is 12.9. The van der Waals surface area contributed by atoms with Gasteiger partial charge in [0.15, 0.2) is 5.96 Å². The van der Waals surface area contributed by atoms with Crippen LogP contribution in [0.4, 0.5) is 0 Å². The van der Waals surface area contributed by atoms with E-state index in [-0.39, 0.29) is 40.9 Å². The summed E-state index contributed by atoms with van der Waals surface area (Å²) in [4.78, 5) is 4.96. The van der Waals surface area contributed by atoms with E-state index in [0.29, 0.717) is 0 Å². The predicted molar refractivity (Wildman–Crippen MR) is 128 cm³/mol. The summed E-state index contributed by atoms with van der Waals surface area (Å²) < 4.78 is 11.3. The molecule has 0 spiro atoms. The summed E-state index contributed by atoms with van der Waals surface area (Å²) in [5.74, 6) is 0.852. The highest BCUT2D eigenvalue weighted by atomic mass is 127. The van der Waals surface area contributed by atoms with E-state index in [1.165, 1.54) is 5.56 Å². The Labute approximate surface area is 188 Å². The van der Waals surface area contributed by atoms with Crippen molar-refractivity contribution in [1.29, 1.82) is 0 Å². The summed E-state index contributed by atoms with van der Waals surface area (Å²) in [6, 6.07) is 10.8. The molecule has 0 bridgehead atoms. The average molecular weight is 503 g/mol. The molecule has 0 amide bonds. The van der Waals surface area contributed by atoms with Gasteiger partial charge in [-0.25, -0.2) is 0 Å². The fourth-order valence-corrected chi connectivity index (χ4v) is 3.60. The van der Waals surface area contributed by atoms with Crippen LogP contribution in [0.1, 0.15) is 46.1 Å². The highest BCUT2D eigenvalue weighted by Gasteiger charge is 2.34. The molecule has 5 nitrogen and oxygen atoms in total. The van der Waals surface area contributed by atoms with E-state index in [0.717, 1.165) is 51.6 Å². The second kappa shape index (κ2) is 12.0. The van der Waals surface area contributed by atoms with Gasteiger partial charge in [-0.1, -0.05) is 51.1 Å². The molecule has 6 heteroatoms. The lowest BCUT2D eigenvalue weighted by atomic mass is 9.74. The molecule has 1 unspecified atom stereocenters. The van der Waals surface area contributed by atoms with Crippen molar-refractivity contribution < 1.29 is 9.47 Å². The first kappa shape index (κ1) is 25.2. The van der Waals surface area contributed by atoms with Gasteiger partial charge in [-0.15, -0.1) is 24.0 Å². The molecule has 1 atom stereocenters. The van der Waals surface area contributed by atoms with E-state index >= 15 is 0 Å². The van der Waals surface area contributed by atoms with E-state index < -0.39 is 0 Å². The zero-order valence-corrected chi connectivity index (χ0v) is 20.4. The van der Waals surface area contributed by atoms with Gasteiger partial charge in [0.05, 0.1) is 12.6 Å². The van der Waals surface area contributed by atoms with Crippen molar-refractivity contribution in [2.45, 2.75) is 52.1 Å². The number of ether oxygens (including phenoxy) is 2. The Kier molecular flexibility index (Phi) is 10.8. The molecular weight excluding hydrogens is 465 g/mol. The van der Waals surface area contributed by atoms with Gasteiger partial charge in [0.2, 0.25) is 0 Å². The number of benzene rings is 1. The lowest BCUT2D eigenvalue weighted by Crippen LogP contribution is -2.46. The summed E-state index contributed by atoms with van der Waals surface area (Å²) in [5.41, 5.74) is 1.48. The Morgan fingerprint density at radius 1 is 1.18 bits per heavy atom. The third kappa shape index (κ3) is 7.19. The van der Waals surface area contributed by atoms with E-state index in [1.807, 2.05) is 0 Å². The highest BCUT2D eigenvalue weighted by molar-refractivity contribution is 14.0. The fourth-order valence-electron chi connectivity index (χ4n) is 3.60. The van der Waals surface area contributed by atoms with Crippen LogP contribution in [0.15, 0.2) is 35.3 Å². The third-order valence-corrected chi connectivity index (χ3v) is 5.43. The second-order valence-electron chi connectivity index (χ2n) is 8.43. The first-order valence-electron chi connectivity index (χ1n) is 10.1. The summed E-state index contributed by atoms with van der Waals surface area (Å²) in [7, 11) is 1.77. The van der Waals surface area contributed by atoms with Gasteiger partial charge in [-0.2, -0.15) is 0 Å². The minimum absolute atomic E-state index is 0. The minimum atomic E-state index is 0. The number of hydrogen-bond acceptors (Lipinski definition) is 3. The SMILES string of the molecule is CCNC(=NCC1(c2ccccc2)CCOCC1)NCC(OC)C(C)(C)C.I. The molecule has 2 rings (SSSR count). The molecule has 1 aromatic rings. The number of rotatable bonds is 7. The molecule has 160 valence electrons. The Hall–Kier alpha value is -0.860. The van der Waals surface area contributed by atoms with Gasteiger partial charge in [0.25, 0.3) is 0 Å². The van der Waals surface area contributed by atoms with Gasteiger partial charge in [0, 0.05) is 38.8 Å². The number of hydrogen-bond donors (Lipinski definition) is 2. The summed E-state index contributed by atoms with van der Waals surface area (Å²) in [5, 5.41) is 6.84. The van der Waals surface area contributed by atoms with Crippen molar-refractivity contribution in [3.8, 4) is 0 Å². The maximum Gasteiger partial charge on any atom is 0.191 e. The molecule has 1 fully saturated rings. The van der Waals surface area contributed by atoms with Gasteiger partial charge < -0.3 is 20.1 Å². The molecule has 1 saturated heterocycles. The third-order valence-electron chi connectivity index (χ3n) is 5.43. The van der Waals surface area contributed by atoms with Gasteiger partial charge >= 0.3 is 0 Å². The van der Waals surface area contributed by atoms with E-state index in [9.17, 15) is 0 Å². The van der Waals surface area contributed by atoms with Crippen molar-refractivity contribution in [3.63, 3.8) is 0 Å². The molecule has 2 N–H and O–H groups in total. The van der Waals surface area contributed by atoms with E-state index in [4.69, 9.17) is 14.5 Å². The standard InChI is InChI=1S/C22H37N3O2.HI/c1-6-23-20(24-16-19(26-5)21(2,3)4)25-17-22(12-14-27-15-13-22)18-10-8-7-9-11-18;/h7-11,19H,6,12-17H2,1-5H3,(H2,23,24,25);1H.